The summed E-state index contributed by atoms with van der Waals surface area (Å²) in [7, 11) is 3.08. The summed E-state index contributed by atoms with van der Waals surface area (Å²) in [6.07, 6.45) is 0. The molecule has 0 aliphatic rings. The summed E-state index contributed by atoms with van der Waals surface area (Å²) in [6, 6.07) is 9.26. The number of carbonyl (C=O) groups is 1. The van der Waals surface area contributed by atoms with E-state index in [0.29, 0.717) is 40.5 Å². The zero-order chi connectivity index (χ0) is 23.1. The van der Waals surface area contributed by atoms with Crippen LogP contribution in [0, 0.1) is 5.82 Å². The van der Waals surface area contributed by atoms with Crippen LogP contribution in [-0.4, -0.2) is 40.6 Å². The predicted octanol–water partition coefficient (Wildman–Crippen LogP) is 4.42. The van der Waals surface area contributed by atoms with Gasteiger partial charge in [0.2, 0.25) is 5.91 Å². The van der Waals surface area contributed by atoms with Crippen LogP contribution in [0.4, 0.5) is 10.1 Å². The minimum atomic E-state index is -0.514. The number of anilines is 1. The van der Waals surface area contributed by atoms with Gasteiger partial charge in [-0.2, -0.15) is 0 Å². The number of hydrogen-bond donors (Lipinski definition) is 1. The predicted molar refractivity (Wildman–Crippen MR) is 120 cm³/mol. The van der Waals surface area contributed by atoms with E-state index < -0.39 is 5.82 Å². The van der Waals surface area contributed by atoms with Crippen molar-refractivity contribution in [1.29, 1.82) is 0 Å². The number of methoxy groups -OCH3 is 2. The van der Waals surface area contributed by atoms with Gasteiger partial charge in [0.25, 0.3) is 0 Å². The molecular weight excluding hydrogens is 459 g/mol. The van der Waals surface area contributed by atoms with Crippen molar-refractivity contribution >= 4 is 35.0 Å². The molecule has 0 aliphatic heterocycles. The van der Waals surface area contributed by atoms with E-state index >= 15 is 0 Å². The van der Waals surface area contributed by atoms with Crippen LogP contribution in [0.5, 0.6) is 17.2 Å². The summed E-state index contributed by atoms with van der Waals surface area (Å²) in [5, 5.41) is 11.7. The standard InChI is InChI=1S/C21H22ClFN4O4S/c1-4-27-19(11-31-14-5-7-16(23)15(22)9-14)25-26-21(27)32-12-20(28)24-17-8-6-13(29-2)10-18(17)30-3/h5-10H,4,11-12H2,1-3H3,(H,24,28). The normalized spacial score (nSPS) is 10.7. The molecule has 1 heterocycles. The molecule has 0 radical (unpaired) electrons. The molecule has 0 aliphatic carbocycles. The number of rotatable bonds is 10. The van der Waals surface area contributed by atoms with Gasteiger partial charge in [-0.05, 0) is 31.2 Å². The Bertz CT molecular complexity index is 1100. The number of amides is 1. The number of thioether (sulfide) groups is 1. The molecule has 0 atom stereocenters. The maximum absolute atomic E-state index is 13.3. The van der Waals surface area contributed by atoms with Gasteiger partial charge in [-0.3, -0.25) is 4.79 Å². The molecule has 32 heavy (non-hydrogen) atoms. The lowest BCUT2D eigenvalue weighted by Gasteiger charge is -2.12. The van der Waals surface area contributed by atoms with E-state index in [1.165, 1.54) is 37.1 Å². The molecule has 0 spiro atoms. The molecule has 3 aromatic rings. The van der Waals surface area contributed by atoms with Gasteiger partial charge < -0.3 is 24.1 Å². The maximum atomic E-state index is 13.3. The SMILES string of the molecule is CCn1c(COc2ccc(F)c(Cl)c2)nnc1SCC(=O)Nc1ccc(OC)cc1OC. The van der Waals surface area contributed by atoms with Crippen LogP contribution in [0.1, 0.15) is 12.7 Å². The summed E-state index contributed by atoms with van der Waals surface area (Å²) in [5.74, 6) is 1.52. The molecular formula is C21H22ClFN4O4S. The first kappa shape index (κ1) is 23.7. The van der Waals surface area contributed by atoms with Crippen molar-refractivity contribution in [2.24, 2.45) is 0 Å². The van der Waals surface area contributed by atoms with E-state index in [1.54, 1.807) is 25.3 Å². The summed E-state index contributed by atoms with van der Waals surface area (Å²) in [6.45, 7) is 2.65. The van der Waals surface area contributed by atoms with Gasteiger partial charge in [0, 0.05) is 18.7 Å². The lowest BCUT2D eigenvalue weighted by molar-refractivity contribution is -0.113. The van der Waals surface area contributed by atoms with Crippen LogP contribution in [0.15, 0.2) is 41.6 Å². The first-order valence-electron chi connectivity index (χ1n) is 9.59. The number of aromatic nitrogens is 3. The Morgan fingerprint density at radius 2 is 1.94 bits per heavy atom. The quantitative estimate of drug-likeness (QED) is 0.430. The molecule has 0 saturated heterocycles. The minimum absolute atomic E-state index is 0.0183. The van der Waals surface area contributed by atoms with Crippen molar-refractivity contribution < 1.29 is 23.4 Å². The number of nitrogens with zero attached hydrogens (tertiary/aromatic N) is 3. The Balaban J connectivity index is 1.60. The van der Waals surface area contributed by atoms with Crippen molar-refractivity contribution in [3.8, 4) is 17.2 Å². The topological polar surface area (TPSA) is 87.5 Å². The van der Waals surface area contributed by atoms with Crippen LogP contribution < -0.4 is 19.5 Å². The summed E-state index contributed by atoms with van der Waals surface area (Å²) in [5.41, 5.74) is 0.544. The minimum Gasteiger partial charge on any atom is -0.497 e. The number of hydrogen-bond acceptors (Lipinski definition) is 7. The van der Waals surface area contributed by atoms with Gasteiger partial charge in [0.15, 0.2) is 11.0 Å². The zero-order valence-electron chi connectivity index (χ0n) is 17.7. The van der Waals surface area contributed by atoms with Crippen molar-refractivity contribution in [3.05, 3.63) is 53.1 Å². The Labute approximate surface area is 194 Å². The molecule has 0 saturated carbocycles. The first-order valence-corrected chi connectivity index (χ1v) is 11.0. The van der Waals surface area contributed by atoms with Gasteiger partial charge in [-0.1, -0.05) is 23.4 Å². The van der Waals surface area contributed by atoms with Crippen molar-refractivity contribution in [1.82, 2.24) is 14.8 Å². The third-order valence-electron chi connectivity index (χ3n) is 4.38. The highest BCUT2D eigenvalue weighted by Crippen LogP contribution is 2.29. The number of halogens is 2. The zero-order valence-corrected chi connectivity index (χ0v) is 19.3. The van der Waals surface area contributed by atoms with Gasteiger partial charge in [-0.15, -0.1) is 10.2 Å². The fourth-order valence-electron chi connectivity index (χ4n) is 2.78. The molecule has 1 aromatic heterocycles. The first-order chi connectivity index (χ1) is 15.4. The van der Waals surface area contributed by atoms with Crippen molar-refractivity contribution in [3.63, 3.8) is 0 Å². The molecule has 8 nitrogen and oxygen atoms in total. The Morgan fingerprint density at radius 3 is 2.62 bits per heavy atom. The van der Waals surface area contributed by atoms with Crippen LogP contribution in [-0.2, 0) is 17.9 Å². The number of nitrogens with one attached hydrogen (secondary N) is 1. The third-order valence-corrected chi connectivity index (χ3v) is 5.64. The van der Waals surface area contributed by atoms with Crippen molar-refractivity contribution in [2.45, 2.75) is 25.2 Å². The monoisotopic (exact) mass is 480 g/mol. The van der Waals surface area contributed by atoms with Gasteiger partial charge in [0.1, 0.15) is 29.7 Å². The fraction of sp³-hybridized carbons (Fsp3) is 0.286. The summed E-state index contributed by atoms with van der Waals surface area (Å²) in [4.78, 5) is 12.4. The van der Waals surface area contributed by atoms with E-state index in [2.05, 4.69) is 15.5 Å². The Hall–Kier alpha value is -2.98. The summed E-state index contributed by atoms with van der Waals surface area (Å²) >= 11 is 7.03. The molecule has 3 rings (SSSR count). The fourth-order valence-corrected chi connectivity index (χ4v) is 3.77. The van der Waals surface area contributed by atoms with E-state index in [4.69, 9.17) is 25.8 Å². The van der Waals surface area contributed by atoms with E-state index in [-0.39, 0.29) is 23.3 Å². The van der Waals surface area contributed by atoms with Crippen LogP contribution >= 0.6 is 23.4 Å². The molecule has 2 aromatic carbocycles. The molecule has 11 heteroatoms. The van der Waals surface area contributed by atoms with Crippen molar-refractivity contribution in [2.75, 3.05) is 25.3 Å². The highest BCUT2D eigenvalue weighted by molar-refractivity contribution is 7.99. The van der Waals surface area contributed by atoms with Gasteiger partial charge >= 0.3 is 0 Å². The van der Waals surface area contributed by atoms with Gasteiger partial charge in [0.05, 0.1) is 30.7 Å². The van der Waals surface area contributed by atoms with E-state index in [9.17, 15) is 9.18 Å². The second kappa shape index (κ2) is 11.1. The third kappa shape index (κ3) is 5.83. The van der Waals surface area contributed by atoms with Crippen LogP contribution in [0.3, 0.4) is 0 Å². The number of ether oxygens (including phenoxy) is 3. The average molecular weight is 481 g/mol. The van der Waals surface area contributed by atoms with E-state index in [1.807, 2.05) is 11.5 Å². The molecule has 1 amide bonds. The lowest BCUT2D eigenvalue weighted by Crippen LogP contribution is -2.15. The maximum Gasteiger partial charge on any atom is 0.234 e. The molecule has 1 N–H and O–H groups in total. The molecule has 0 unspecified atom stereocenters. The Morgan fingerprint density at radius 1 is 1.16 bits per heavy atom. The number of benzene rings is 2. The lowest BCUT2D eigenvalue weighted by atomic mass is 10.2. The smallest absolute Gasteiger partial charge is 0.234 e. The highest BCUT2D eigenvalue weighted by Gasteiger charge is 2.15. The highest BCUT2D eigenvalue weighted by atomic mass is 35.5. The average Bonchev–Trinajstić information content (AvgIpc) is 3.20. The molecule has 0 bridgehead atoms. The van der Waals surface area contributed by atoms with E-state index in [0.717, 1.165) is 0 Å². The second-order valence-electron chi connectivity index (χ2n) is 6.41. The van der Waals surface area contributed by atoms with Crippen LogP contribution in [0.2, 0.25) is 5.02 Å². The molecule has 0 fully saturated rings. The second-order valence-corrected chi connectivity index (χ2v) is 7.76. The number of carbonyl (C=O) groups excluding carboxylic acids is 1. The Kier molecular flexibility index (Phi) is 8.18. The van der Waals surface area contributed by atoms with Crippen LogP contribution in [0.25, 0.3) is 0 Å². The van der Waals surface area contributed by atoms with Gasteiger partial charge in [-0.25, -0.2) is 4.39 Å². The largest absolute Gasteiger partial charge is 0.497 e. The summed E-state index contributed by atoms with van der Waals surface area (Å²) < 4.78 is 31.2. The molecule has 170 valence electrons.